The Balaban J connectivity index is 1.55. The maximum atomic E-state index is 12.6. The van der Waals surface area contributed by atoms with E-state index in [4.69, 9.17) is 4.74 Å². The summed E-state index contributed by atoms with van der Waals surface area (Å²) in [5, 5.41) is 9.18. The molecule has 1 N–H and O–H groups in total. The first-order valence-corrected chi connectivity index (χ1v) is 8.77. The van der Waals surface area contributed by atoms with Crippen LogP contribution in [0.4, 0.5) is 0 Å². The van der Waals surface area contributed by atoms with Crippen molar-refractivity contribution >= 4 is 5.91 Å². The molecule has 1 heterocycles. The van der Waals surface area contributed by atoms with E-state index in [9.17, 15) is 9.90 Å². The quantitative estimate of drug-likeness (QED) is 0.928. The first kappa shape index (κ1) is 16.3. The molecule has 1 saturated heterocycles. The van der Waals surface area contributed by atoms with Crippen LogP contribution in [0.5, 0.6) is 5.75 Å². The molecule has 1 spiro atoms. The van der Waals surface area contributed by atoms with Gasteiger partial charge in [0, 0.05) is 13.1 Å². The van der Waals surface area contributed by atoms with Crippen LogP contribution in [0.2, 0.25) is 0 Å². The van der Waals surface area contributed by atoms with Gasteiger partial charge in [0.15, 0.2) is 6.10 Å². The molecule has 1 aromatic carbocycles. The van der Waals surface area contributed by atoms with Crippen LogP contribution < -0.4 is 4.74 Å². The minimum Gasteiger partial charge on any atom is -0.481 e. The average Bonchev–Trinajstić information content (AvgIpc) is 3.03. The summed E-state index contributed by atoms with van der Waals surface area (Å²) in [7, 11) is 0. The summed E-state index contributed by atoms with van der Waals surface area (Å²) in [5.41, 5.74) is 1.32. The summed E-state index contributed by atoms with van der Waals surface area (Å²) in [5.74, 6) is 0.717. The van der Waals surface area contributed by atoms with Crippen LogP contribution in [0.25, 0.3) is 0 Å². The van der Waals surface area contributed by atoms with Gasteiger partial charge >= 0.3 is 0 Å². The van der Waals surface area contributed by atoms with Crippen molar-refractivity contribution in [1.82, 2.24) is 4.90 Å². The van der Waals surface area contributed by atoms with Gasteiger partial charge in [0.05, 0.1) is 6.61 Å². The van der Waals surface area contributed by atoms with Crippen molar-refractivity contribution in [3.8, 4) is 5.75 Å². The Labute approximate surface area is 138 Å². The molecule has 1 atom stereocenters. The second kappa shape index (κ2) is 6.91. The maximum Gasteiger partial charge on any atom is 0.263 e. The number of ether oxygens (including phenoxy) is 1. The molecule has 126 valence electrons. The van der Waals surface area contributed by atoms with E-state index in [1.807, 2.05) is 30.0 Å². The Morgan fingerprint density at radius 1 is 1.26 bits per heavy atom. The molecule has 1 aliphatic heterocycles. The van der Waals surface area contributed by atoms with Crippen molar-refractivity contribution in [2.75, 3.05) is 13.1 Å². The van der Waals surface area contributed by atoms with Crippen molar-refractivity contribution in [1.29, 1.82) is 0 Å². The number of likely N-dealkylation sites (tertiary alicyclic amines) is 1. The van der Waals surface area contributed by atoms with Gasteiger partial charge in [-0.2, -0.15) is 0 Å². The lowest BCUT2D eigenvalue weighted by atomic mass is 9.77. The molecule has 1 saturated carbocycles. The number of hydrogen-bond donors (Lipinski definition) is 1. The number of amides is 1. The number of carbonyl (C=O) groups excluding carboxylic acids is 1. The third kappa shape index (κ3) is 3.69. The molecule has 1 amide bonds. The molecule has 3 rings (SSSR count). The van der Waals surface area contributed by atoms with Crippen molar-refractivity contribution in [3.05, 3.63) is 29.8 Å². The number of aliphatic hydroxyl groups is 1. The maximum absolute atomic E-state index is 12.6. The predicted molar refractivity (Wildman–Crippen MR) is 89.2 cm³/mol. The lowest BCUT2D eigenvalue weighted by Crippen LogP contribution is -2.47. The number of rotatable bonds is 4. The number of nitrogens with zero attached hydrogens (tertiary/aromatic N) is 1. The molecule has 4 heteroatoms. The molecule has 1 unspecified atom stereocenters. The van der Waals surface area contributed by atoms with E-state index < -0.39 is 6.10 Å². The van der Waals surface area contributed by atoms with E-state index >= 15 is 0 Å². The van der Waals surface area contributed by atoms with E-state index in [2.05, 4.69) is 0 Å². The zero-order valence-electron chi connectivity index (χ0n) is 14.0. The Bertz CT molecular complexity index is 541. The highest BCUT2D eigenvalue weighted by atomic mass is 16.5. The fourth-order valence-electron chi connectivity index (χ4n) is 4.06. The second-order valence-electron chi connectivity index (χ2n) is 7.10. The molecule has 1 aliphatic carbocycles. The highest BCUT2D eigenvalue weighted by Crippen LogP contribution is 2.46. The molecule has 0 radical (unpaired) electrons. The summed E-state index contributed by atoms with van der Waals surface area (Å²) in [6.45, 7) is 3.52. The van der Waals surface area contributed by atoms with Crippen molar-refractivity contribution in [2.24, 2.45) is 5.41 Å². The topological polar surface area (TPSA) is 49.8 Å². The van der Waals surface area contributed by atoms with Crippen LogP contribution in [0.3, 0.4) is 0 Å². The molecule has 23 heavy (non-hydrogen) atoms. The number of piperidine rings is 1. The summed E-state index contributed by atoms with van der Waals surface area (Å²) < 4.78 is 5.79. The minimum absolute atomic E-state index is 0.0201. The van der Waals surface area contributed by atoms with Gasteiger partial charge in [0.25, 0.3) is 5.91 Å². The summed E-state index contributed by atoms with van der Waals surface area (Å²) in [6, 6.07) is 7.29. The number of aliphatic hydroxyl groups excluding tert-OH is 1. The van der Waals surface area contributed by atoms with Gasteiger partial charge in [-0.05, 0) is 55.7 Å². The van der Waals surface area contributed by atoms with E-state index in [0.717, 1.165) is 31.5 Å². The SMILES string of the molecule is CC(Oc1cccc(CO)c1)C(=O)N1CCC2(CCCC2)CC1. The lowest BCUT2D eigenvalue weighted by Gasteiger charge is -2.40. The van der Waals surface area contributed by atoms with Crippen molar-refractivity contribution in [2.45, 2.75) is 58.2 Å². The Morgan fingerprint density at radius 3 is 2.61 bits per heavy atom. The molecule has 0 aromatic heterocycles. The predicted octanol–water partition coefficient (Wildman–Crippen LogP) is 3.13. The van der Waals surface area contributed by atoms with Gasteiger partial charge in [0.2, 0.25) is 0 Å². The van der Waals surface area contributed by atoms with Crippen LogP contribution >= 0.6 is 0 Å². The average molecular weight is 317 g/mol. The minimum atomic E-state index is -0.485. The highest BCUT2D eigenvalue weighted by molar-refractivity contribution is 5.81. The van der Waals surface area contributed by atoms with E-state index in [1.54, 1.807) is 6.07 Å². The summed E-state index contributed by atoms with van der Waals surface area (Å²) in [4.78, 5) is 14.6. The first-order valence-electron chi connectivity index (χ1n) is 8.77. The lowest BCUT2D eigenvalue weighted by molar-refractivity contribution is -0.140. The zero-order valence-corrected chi connectivity index (χ0v) is 14.0. The summed E-state index contributed by atoms with van der Waals surface area (Å²) in [6.07, 6.45) is 7.20. The number of benzene rings is 1. The fourth-order valence-corrected chi connectivity index (χ4v) is 4.06. The van der Waals surface area contributed by atoms with Gasteiger partial charge in [-0.15, -0.1) is 0 Å². The van der Waals surface area contributed by atoms with Gasteiger partial charge in [-0.3, -0.25) is 4.79 Å². The molecular formula is C19H27NO3. The van der Waals surface area contributed by atoms with Crippen LogP contribution in [-0.4, -0.2) is 35.1 Å². The number of hydrogen-bond acceptors (Lipinski definition) is 3. The van der Waals surface area contributed by atoms with Crippen molar-refractivity contribution in [3.63, 3.8) is 0 Å². The number of carbonyl (C=O) groups is 1. The zero-order chi connectivity index (χ0) is 16.3. The Morgan fingerprint density at radius 2 is 1.96 bits per heavy atom. The van der Waals surface area contributed by atoms with Crippen LogP contribution in [-0.2, 0) is 11.4 Å². The largest absolute Gasteiger partial charge is 0.481 e. The van der Waals surface area contributed by atoms with E-state index in [-0.39, 0.29) is 12.5 Å². The third-order valence-corrected chi connectivity index (χ3v) is 5.54. The second-order valence-corrected chi connectivity index (χ2v) is 7.10. The molecule has 2 fully saturated rings. The molecular weight excluding hydrogens is 290 g/mol. The smallest absolute Gasteiger partial charge is 0.263 e. The first-order chi connectivity index (χ1) is 11.1. The van der Waals surface area contributed by atoms with Crippen molar-refractivity contribution < 1.29 is 14.6 Å². The monoisotopic (exact) mass is 317 g/mol. The highest BCUT2D eigenvalue weighted by Gasteiger charge is 2.38. The van der Waals surface area contributed by atoms with Crippen LogP contribution in [0.15, 0.2) is 24.3 Å². The molecule has 1 aromatic rings. The molecule has 4 nitrogen and oxygen atoms in total. The molecule has 2 aliphatic rings. The van der Waals surface area contributed by atoms with Gasteiger partial charge in [-0.1, -0.05) is 25.0 Å². The fraction of sp³-hybridized carbons (Fsp3) is 0.632. The Hall–Kier alpha value is -1.55. The molecule has 0 bridgehead atoms. The van der Waals surface area contributed by atoms with E-state index in [0.29, 0.717) is 11.2 Å². The van der Waals surface area contributed by atoms with Gasteiger partial charge in [0.1, 0.15) is 5.75 Å². The van der Waals surface area contributed by atoms with E-state index in [1.165, 1.54) is 25.7 Å². The Kier molecular flexibility index (Phi) is 4.90. The normalized spacial score (nSPS) is 21.4. The van der Waals surface area contributed by atoms with Crippen LogP contribution in [0.1, 0.15) is 51.0 Å². The van der Waals surface area contributed by atoms with Gasteiger partial charge < -0.3 is 14.7 Å². The van der Waals surface area contributed by atoms with Gasteiger partial charge in [-0.25, -0.2) is 0 Å². The van der Waals surface area contributed by atoms with Crippen LogP contribution in [0, 0.1) is 5.41 Å². The summed E-state index contributed by atoms with van der Waals surface area (Å²) >= 11 is 0. The third-order valence-electron chi connectivity index (χ3n) is 5.54. The standard InChI is InChI=1S/C19H27NO3/c1-15(23-17-6-4-5-16(13-17)14-21)18(22)20-11-9-19(10-12-20)7-2-3-8-19/h4-6,13,15,21H,2-3,7-12,14H2,1H3.